The summed E-state index contributed by atoms with van der Waals surface area (Å²) in [5.74, 6) is 0. The van der Waals surface area contributed by atoms with Gasteiger partial charge in [-0.1, -0.05) is 13.8 Å². The van der Waals surface area contributed by atoms with Gasteiger partial charge in [-0.05, 0) is 43.9 Å². The van der Waals surface area contributed by atoms with Crippen molar-refractivity contribution in [3.8, 4) is 0 Å². The SMILES string of the molecule is CC1(C)CCC(O)(C2(N)CCCOC2)CC1. The predicted molar refractivity (Wildman–Crippen MR) is 64.2 cm³/mol. The molecule has 0 aromatic carbocycles. The van der Waals surface area contributed by atoms with Crippen LogP contribution in [0, 0.1) is 5.41 Å². The minimum atomic E-state index is -0.705. The first-order chi connectivity index (χ1) is 7.37. The molecule has 3 nitrogen and oxygen atoms in total. The van der Waals surface area contributed by atoms with Gasteiger partial charge in [-0.15, -0.1) is 0 Å². The molecule has 94 valence electrons. The average molecular weight is 227 g/mol. The van der Waals surface area contributed by atoms with Crippen LogP contribution in [0.5, 0.6) is 0 Å². The third-order valence-electron chi connectivity index (χ3n) is 4.63. The number of ether oxygens (including phenoxy) is 1. The molecule has 1 saturated carbocycles. The minimum Gasteiger partial charge on any atom is -0.388 e. The van der Waals surface area contributed by atoms with Crippen molar-refractivity contribution in [2.24, 2.45) is 11.1 Å². The lowest BCUT2D eigenvalue weighted by atomic mass is 9.63. The molecule has 0 amide bonds. The zero-order valence-electron chi connectivity index (χ0n) is 10.6. The van der Waals surface area contributed by atoms with Gasteiger partial charge in [0.2, 0.25) is 0 Å². The highest BCUT2D eigenvalue weighted by molar-refractivity contribution is 5.07. The Labute approximate surface area is 98.4 Å². The fourth-order valence-corrected chi connectivity index (χ4v) is 3.02. The van der Waals surface area contributed by atoms with Crippen molar-refractivity contribution < 1.29 is 9.84 Å². The van der Waals surface area contributed by atoms with Gasteiger partial charge in [0.1, 0.15) is 0 Å². The summed E-state index contributed by atoms with van der Waals surface area (Å²) in [6.45, 7) is 5.85. The smallest absolute Gasteiger partial charge is 0.0849 e. The van der Waals surface area contributed by atoms with Crippen LogP contribution in [-0.2, 0) is 4.74 Å². The van der Waals surface area contributed by atoms with E-state index in [0.29, 0.717) is 12.0 Å². The lowest BCUT2D eigenvalue weighted by molar-refractivity contribution is -0.127. The van der Waals surface area contributed by atoms with E-state index in [4.69, 9.17) is 10.5 Å². The second kappa shape index (κ2) is 3.97. The van der Waals surface area contributed by atoms with Crippen LogP contribution in [-0.4, -0.2) is 29.5 Å². The van der Waals surface area contributed by atoms with E-state index in [-0.39, 0.29) is 0 Å². The van der Waals surface area contributed by atoms with Gasteiger partial charge < -0.3 is 15.6 Å². The maximum Gasteiger partial charge on any atom is 0.0849 e. The summed E-state index contributed by atoms with van der Waals surface area (Å²) in [5, 5.41) is 10.8. The van der Waals surface area contributed by atoms with Crippen molar-refractivity contribution in [1.29, 1.82) is 0 Å². The Balaban J connectivity index is 2.07. The first-order valence-electron chi connectivity index (χ1n) is 6.46. The van der Waals surface area contributed by atoms with E-state index in [0.717, 1.165) is 45.1 Å². The van der Waals surface area contributed by atoms with Crippen LogP contribution in [0.3, 0.4) is 0 Å². The molecule has 1 aliphatic carbocycles. The van der Waals surface area contributed by atoms with Gasteiger partial charge in [0, 0.05) is 6.61 Å². The van der Waals surface area contributed by atoms with Crippen LogP contribution in [0.1, 0.15) is 52.4 Å². The second-order valence-electron chi connectivity index (χ2n) is 6.51. The van der Waals surface area contributed by atoms with E-state index < -0.39 is 11.1 Å². The summed E-state index contributed by atoms with van der Waals surface area (Å²) in [6, 6.07) is 0. The highest BCUT2D eigenvalue weighted by Crippen LogP contribution is 2.45. The molecule has 1 atom stereocenters. The monoisotopic (exact) mass is 227 g/mol. The van der Waals surface area contributed by atoms with Crippen molar-refractivity contribution >= 4 is 0 Å². The van der Waals surface area contributed by atoms with Crippen molar-refractivity contribution in [3.05, 3.63) is 0 Å². The number of rotatable bonds is 1. The van der Waals surface area contributed by atoms with Crippen molar-refractivity contribution in [2.45, 2.75) is 63.5 Å². The molecule has 16 heavy (non-hydrogen) atoms. The van der Waals surface area contributed by atoms with Gasteiger partial charge in [0.05, 0.1) is 17.7 Å². The summed E-state index contributed by atoms with van der Waals surface area (Å²) in [6.07, 6.45) is 5.62. The Morgan fingerprint density at radius 2 is 1.69 bits per heavy atom. The van der Waals surface area contributed by atoms with Crippen LogP contribution in [0.2, 0.25) is 0 Å². The summed E-state index contributed by atoms with van der Waals surface area (Å²) < 4.78 is 5.47. The Kier molecular flexibility index (Phi) is 3.06. The van der Waals surface area contributed by atoms with E-state index in [1.165, 1.54) is 0 Å². The molecule has 3 N–H and O–H groups in total. The van der Waals surface area contributed by atoms with Crippen LogP contribution in [0.15, 0.2) is 0 Å². The molecule has 3 heteroatoms. The van der Waals surface area contributed by atoms with Crippen molar-refractivity contribution in [3.63, 3.8) is 0 Å². The second-order valence-corrected chi connectivity index (χ2v) is 6.51. The molecule has 0 aromatic heterocycles. The summed E-state index contributed by atoms with van der Waals surface area (Å²) >= 11 is 0. The molecular formula is C13H25NO2. The van der Waals surface area contributed by atoms with E-state index in [1.54, 1.807) is 0 Å². The van der Waals surface area contributed by atoms with E-state index in [2.05, 4.69) is 13.8 Å². The molecule has 2 aliphatic rings. The Morgan fingerprint density at radius 3 is 2.19 bits per heavy atom. The van der Waals surface area contributed by atoms with Gasteiger partial charge >= 0.3 is 0 Å². The topological polar surface area (TPSA) is 55.5 Å². The standard InChI is InChI=1S/C13H25NO2/c1-11(2)5-7-13(15,8-6-11)12(14)4-3-9-16-10-12/h15H,3-10,14H2,1-2H3. The fraction of sp³-hybridized carbons (Fsp3) is 1.00. The quantitative estimate of drug-likeness (QED) is 0.718. The summed E-state index contributed by atoms with van der Waals surface area (Å²) in [4.78, 5) is 0. The third kappa shape index (κ3) is 2.13. The lowest BCUT2D eigenvalue weighted by Crippen LogP contribution is -2.66. The molecule has 0 aromatic rings. The van der Waals surface area contributed by atoms with Gasteiger partial charge in [0.25, 0.3) is 0 Å². The highest BCUT2D eigenvalue weighted by Gasteiger charge is 2.51. The van der Waals surface area contributed by atoms with E-state index in [1.807, 2.05) is 0 Å². The molecule has 1 saturated heterocycles. The average Bonchev–Trinajstić information content (AvgIpc) is 2.24. The van der Waals surface area contributed by atoms with Crippen LogP contribution < -0.4 is 5.73 Å². The zero-order chi connectivity index (χ0) is 11.9. The van der Waals surface area contributed by atoms with Gasteiger partial charge in [0.15, 0.2) is 0 Å². The molecule has 1 unspecified atom stereocenters. The highest BCUT2D eigenvalue weighted by atomic mass is 16.5. The van der Waals surface area contributed by atoms with Gasteiger partial charge in [-0.3, -0.25) is 0 Å². The number of hydrogen-bond acceptors (Lipinski definition) is 3. The van der Waals surface area contributed by atoms with Gasteiger partial charge in [-0.25, -0.2) is 0 Å². The lowest BCUT2D eigenvalue weighted by Gasteiger charge is -2.51. The first-order valence-corrected chi connectivity index (χ1v) is 6.46. The van der Waals surface area contributed by atoms with Crippen LogP contribution in [0.4, 0.5) is 0 Å². The van der Waals surface area contributed by atoms with Crippen molar-refractivity contribution in [1.82, 2.24) is 0 Å². The molecule has 1 heterocycles. The normalized spacial score (nSPS) is 38.2. The van der Waals surface area contributed by atoms with Crippen molar-refractivity contribution in [2.75, 3.05) is 13.2 Å². The maximum absolute atomic E-state index is 10.8. The molecular weight excluding hydrogens is 202 g/mol. The van der Waals surface area contributed by atoms with E-state index in [9.17, 15) is 5.11 Å². The van der Waals surface area contributed by atoms with E-state index >= 15 is 0 Å². The molecule has 1 aliphatic heterocycles. The van der Waals surface area contributed by atoms with Crippen LogP contribution in [0.25, 0.3) is 0 Å². The molecule has 0 bridgehead atoms. The Morgan fingerprint density at radius 1 is 1.06 bits per heavy atom. The molecule has 2 fully saturated rings. The first kappa shape index (κ1) is 12.3. The third-order valence-corrected chi connectivity index (χ3v) is 4.63. The predicted octanol–water partition coefficient (Wildman–Crippen LogP) is 1.83. The zero-order valence-corrected chi connectivity index (χ0v) is 10.6. The number of aliphatic hydroxyl groups is 1. The number of hydrogen-bond donors (Lipinski definition) is 2. The Bertz CT molecular complexity index is 247. The molecule has 2 rings (SSSR count). The number of nitrogens with two attached hydrogens (primary N) is 1. The molecule has 0 spiro atoms. The fourth-order valence-electron chi connectivity index (χ4n) is 3.02. The summed E-state index contributed by atoms with van der Waals surface area (Å²) in [7, 11) is 0. The Hall–Kier alpha value is -0.120. The van der Waals surface area contributed by atoms with Gasteiger partial charge in [-0.2, -0.15) is 0 Å². The van der Waals surface area contributed by atoms with Crippen LogP contribution >= 0.6 is 0 Å². The minimum absolute atomic E-state index is 0.359. The largest absolute Gasteiger partial charge is 0.388 e. The summed E-state index contributed by atoms with van der Waals surface area (Å²) in [5.41, 5.74) is 5.52. The maximum atomic E-state index is 10.8. The molecule has 0 radical (unpaired) electrons.